The summed E-state index contributed by atoms with van der Waals surface area (Å²) in [5, 5.41) is 8.41. The van der Waals surface area contributed by atoms with E-state index >= 15 is 0 Å². The van der Waals surface area contributed by atoms with Crippen LogP contribution in [-0.2, 0) is 8.92 Å². The minimum atomic E-state index is -4.46. The van der Waals surface area contributed by atoms with Crippen LogP contribution < -0.4 is 0 Å². The van der Waals surface area contributed by atoms with Crippen LogP contribution in [0.2, 0.25) is 0 Å². The number of ether oxygens (including phenoxy) is 1. The van der Waals surface area contributed by atoms with Crippen LogP contribution in [0.5, 0.6) is 0 Å². The van der Waals surface area contributed by atoms with Gasteiger partial charge in [-0.15, -0.1) is 0 Å². The standard InChI is InChI=1S/C6H4F3NO2S.C2H6/c7-6(8,9)13-12-5-3-11-2-4(5)1-10;1-2/h2-3H2;1-2H3. The maximum Gasteiger partial charge on any atom is 0.479 e. The third-order valence-corrected chi connectivity index (χ3v) is 1.66. The van der Waals surface area contributed by atoms with E-state index in [4.69, 9.17) is 10.00 Å². The van der Waals surface area contributed by atoms with Crippen molar-refractivity contribution in [3.8, 4) is 6.07 Å². The average molecular weight is 241 g/mol. The van der Waals surface area contributed by atoms with Gasteiger partial charge in [-0.25, -0.2) is 0 Å². The fourth-order valence-electron chi connectivity index (χ4n) is 0.680. The molecule has 0 N–H and O–H groups in total. The van der Waals surface area contributed by atoms with E-state index in [0.29, 0.717) is 0 Å². The number of hydrogen-bond acceptors (Lipinski definition) is 4. The maximum absolute atomic E-state index is 11.6. The van der Waals surface area contributed by atoms with E-state index in [1.165, 1.54) is 0 Å². The molecule has 0 saturated carbocycles. The van der Waals surface area contributed by atoms with E-state index < -0.39 is 17.6 Å². The van der Waals surface area contributed by atoms with Crippen LogP contribution in [-0.4, -0.2) is 18.7 Å². The first kappa shape index (κ1) is 14.1. The van der Waals surface area contributed by atoms with Crippen LogP contribution in [0.25, 0.3) is 0 Å². The van der Waals surface area contributed by atoms with Crippen LogP contribution in [0.15, 0.2) is 11.3 Å². The molecule has 7 heteroatoms. The van der Waals surface area contributed by atoms with Gasteiger partial charge in [0.25, 0.3) is 0 Å². The molecule has 0 aromatic carbocycles. The molecule has 0 aliphatic carbocycles. The highest BCUT2D eigenvalue weighted by atomic mass is 32.2. The molecule has 1 heterocycles. The van der Waals surface area contributed by atoms with E-state index in [9.17, 15) is 13.2 Å². The third-order valence-electron chi connectivity index (χ3n) is 1.19. The largest absolute Gasteiger partial charge is 0.479 e. The molecule has 0 amide bonds. The van der Waals surface area contributed by atoms with Crippen molar-refractivity contribution in [1.29, 1.82) is 5.26 Å². The maximum atomic E-state index is 11.6. The normalized spacial score (nSPS) is 15.5. The van der Waals surface area contributed by atoms with Crippen molar-refractivity contribution in [2.75, 3.05) is 13.2 Å². The second-order valence-electron chi connectivity index (χ2n) is 2.12. The zero-order chi connectivity index (χ0) is 11.9. The first-order valence-corrected chi connectivity index (χ1v) is 4.89. The summed E-state index contributed by atoms with van der Waals surface area (Å²) in [7, 11) is 0. The molecule has 0 aromatic heterocycles. The Morgan fingerprint density at radius 2 is 2.00 bits per heavy atom. The van der Waals surface area contributed by atoms with E-state index in [2.05, 4.69) is 4.18 Å². The molecule has 0 saturated heterocycles. The van der Waals surface area contributed by atoms with Gasteiger partial charge in [0.2, 0.25) is 0 Å². The molecule has 1 rings (SSSR count). The van der Waals surface area contributed by atoms with Gasteiger partial charge in [-0.2, -0.15) is 18.4 Å². The number of nitriles is 1. The van der Waals surface area contributed by atoms with Crippen molar-refractivity contribution in [2.24, 2.45) is 0 Å². The van der Waals surface area contributed by atoms with E-state index in [0.717, 1.165) is 0 Å². The Kier molecular flexibility index (Phi) is 6.20. The van der Waals surface area contributed by atoms with Gasteiger partial charge in [-0.1, -0.05) is 13.8 Å². The van der Waals surface area contributed by atoms with Crippen LogP contribution in [0.4, 0.5) is 13.2 Å². The molecule has 0 aromatic rings. The Hall–Kier alpha value is -0.870. The second kappa shape index (κ2) is 6.58. The number of alkyl halides is 3. The molecule has 86 valence electrons. The Balaban J connectivity index is 0.000000921. The quantitative estimate of drug-likeness (QED) is 0.697. The highest BCUT2D eigenvalue weighted by Crippen LogP contribution is 2.34. The topological polar surface area (TPSA) is 42.2 Å². The summed E-state index contributed by atoms with van der Waals surface area (Å²) in [6.07, 6.45) is 0. The van der Waals surface area contributed by atoms with Gasteiger partial charge in [-0.05, 0) is 0 Å². The summed E-state index contributed by atoms with van der Waals surface area (Å²) < 4.78 is 43.9. The first-order chi connectivity index (χ1) is 7.03. The Morgan fingerprint density at radius 1 is 1.40 bits per heavy atom. The van der Waals surface area contributed by atoms with Crippen molar-refractivity contribution in [1.82, 2.24) is 0 Å². The van der Waals surface area contributed by atoms with Crippen molar-refractivity contribution in [2.45, 2.75) is 19.4 Å². The summed E-state index contributed by atoms with van der Waals surface area (Å²) in [5.41, 5.74) is -4.35. The van der Waals surface area contributed by atoms with E-state index in [-0.39, 0.29) is 24.5 Å². The van der Waals surface area contributed by atoms with Gasteiger partial charge in [0.15, 0.2) is 17.8 Å². The first-order valence-electron chi connectivity index (χ1n) is 4.15. The van der Waals surface area contributed by atoms with Gasteiger partial charge in [0.05, 0.1) is 12.2 Å². The summed E-state index contributed by atoms with van der Waals surface area (Å²) >= 11 is -0.639. The fourth-order valence-corrected chi connectivity index (χ4v) is 1.02. The molecule has 0 atom stereocenters. The third kappa shape index (κ3) is 5.54. The van der Waals surface area contributed by atoms with Gasteiger partial charge in [0, 0.05) is 0 Å². The second-order valence-corrected chi connectivity index (χ2v) is 2.91. The van der Waals surface area contributed by atoms with E-state index in [1.807, 2.05) is 13.8 Å². The highest BCUT2D eigenvalue weighted by molar-refractivity contribution is 7.95. The lowest BCUT2D eigenvalue weighted by Gasteiger charge is -2.05. The molecular weight excluding hydrogens is 231 g/mol. The van der Waals surface area contributed by atoms with Crippen LogP contribution in [0.3, 0.4) is 0 Å². The number of hydrogen-bond donors (Lipinski definition) is 0. The zero-order valence-corrected chi connectivity index (χ0v) is 9.04. The van der Waals surface area contributed by atoms with Crippen molar-refractivity contribution < 1.29 is 22.1 Å². The number of rotatable bonds is 2. The predicted molar refractivity (Wildman–Crippen MR) is 49.5 cm³/mol. The van der Waals surface area contributed by atoms with Crippen LogP contribution in [0.1, 0.15) is 13.8 Å². The lowest BCUT2D eigenvalue weighted by atomic mass is 10.3. The summed E-state index contributed by atoms with van der Waals surface area (Å²) in [6, 6.07) is 1.70. The minimum absolute atomic E-state index is 0.0181. The number of halogens is 3. The zero-order valence-electron chi connectivity index (χ0n) is 8.22. The van der Waals surface area contributed by atoms with Crippen LogP contribution in [0, 0.1) is 11.3 Å². The molecule has 15 heavy (non-hydrogen) atoms. The lowest BCUT2D eigenvalue weighted by Crippen LogP contribution is -2.02. The lowest BCUT2D eigenvalue weighted by molar-refractivity contribution is -0.0386. The van der Waals surface area contributed by atoms with Crippen molar-refractivity contribution >= 4 is 12.0 Å². The Morgan fingerprint density at radius 3 is 2.47 bits per heavy atom. The summed E-state index contributed by atoms with van der Waals surface area (Å²) in [5.74, 6) is -0.0511. The molecular formula is C8H10F3NO2S. The van der Waals surface area contributed by atoms with E-state index in [1.54, 1.807) is 6.07 Å². The van der Waals surface area contributed by atoms with Gasteiger partial charge in [-0.3, -0.25) is 0 Å². The molecule has 0 fully saturated rings. The van der Waals surface area contributed by atoms with Crippen molar-refractivity contribution in [3.63, 3.8) is 0 Å². The monoisotopic (exact) mass is 241 g/mol. The average Bonchev–Trinajstić information content (AvgIpc) is 2.64. The summed E-state index contributed by atoms with van der Waals surface area (Å²) in [4.78, 5) is 0. The Labute approximate surface area is 90.1 Å². The SMILES string of the molecule is CC.N#CC1=C(OSC(F)(F)F)COC1. The predicted octanol–water partition coefficient (Wildman–Crippen LogP) is 3.01. The Bertz CT molecular complexity index is 270. The smallest absolute Gasteiger partial charge is 0.418 e. The molecule has 1 aliphatic rings. The van der Waals surface area contributed by atoms with Crippen LogP contribution >= 0.6 is 12.0 Å². The molecule has 0 radical (unpaired) electrons. The van der Waals surface area contributed by atoms with Crippen molar-refractivity contribution in [3.05, 3.63) is 11.3 Å². The fraction of sp³-hybridized carbons (Fsp3) is 0.625. The highest BCUT2D eigenvalue weighted by Gasteiger charge is 2.33. The van der Waals surface area contributed by atoms with Gasteiger partial charge in [0.1, 0.15) is 12.7 Å². The molecule has 1 aliphatic heterocycles. The van der Waals surface area contributed by atoms with Gasteiger partial charge < -0.3 is 8.92 Å². The molecule has 0 spiro atoms. The van der Waals surface area contributed by atoms with Gasteiger partial charge >= 0.3 is 5.51 Å². The molecule has 0 bridgehead atoms. The molecule has 0 unspecified atom stereocenters. The minimum Gasteiger partial charge on any atom is -0.418 e. The summed E-state index contributed by atoms with van der Waals surface area (Å²) in [6.45, 7) is 3.94. The number of nitrogens with zero attached hydrogens (tertiary/aromatic N) is 1. The molecule has 3 nitrogen and oxygen atoms in total.